The zero-order valence-electron chi connectivity index (χ0n) is 16.9. The fraction of sp³-hybridized carbons (Fsp3) is 0.435. The summed E-state index contributed by atoms with van der Waals surface area (Å²) in [4.78, 5) is 17.2. The molecule has 0 saturated carbocycles. The van der Waals surface area contributed by atoms with E-state index in [9.17, 15) is 4.79 Å². The highest BCUT2D eigenvalue weighted by molar-refractivity contribution is 6.30. The van der Waals surface area contributed by atoms with Crippen LogP contribution in [-0.2, 0) is 4.79 Å². The standard InChI is InChI=1S/C23H28ClN3O.ClH/c1-17-16-18(24)9-10-22(17)27-14-12-26(13-15-27)11-5-4-7-20-19-6-2-3-8-21(19)25-23(20)28;/h2-3,6,8-10,16,20H,4-5,7,11-15H2,1H3,(H,25,28);1H. The topological polar surface area (TPSA) is 35.6 Å². The summed E-state index contributed by atoms with van der Waals surface area (Å²) in [7, 11) is 0. The second-order valence-corrected chi connectivity index (χ2v) is 8.32. The van der Waals surface area contributed by atoms with E-state index in [-0.39, 0.29) is 24.2 Å². The van der Waals surface area contributed by atoms with E-state index < -0.39 is 0 Å². The van der Waals surface area contributed by atoms with E-state index >= 15 is 0 Å². The second kappa shape index (κ2) is 9.84. The summed E-state index contributed by atoms with van der Waals surface area (Å²) in [6.07, 6.45) is 3.17. The van der Waals surface area contributed by atoms with Crippen LogP contribution in [-0.4, -0.2) is 43.5 Å². The highest BCUT2D eigenvalue weighted by Crippen LogP contribution is 2.35. The van der Waals surface area contributed by atoms with Crippen molar-refractivity contribution in [1.29, 1.82) is 0 Å². The third kappa shape index (κ3) is 5.06. The Labute approximate surface area is 184 Å². The lowest BCUT2D eigenvalue weighted by molar-refractivity contribution is -0.117. The third-order valence-corrected chi connectivity index (χ3v) is 6.23. The Morgan fingerprint density at radius 2 is 1.83 bits per heavy atom. The van der Waals surface area contributed by atoms with Crippen molar-refractivity contribution in [2.45, 2.75) is 32.1 Å². The van der Waals surface area contributed by atoms with Crippen molar-refractivity contribution < 1.29 is 4.79 Å². The molecule has 1 unspecified atom stereocenters. The molecule has 4 rings (SSSR count). The number of piperazine rings is 1. The van der Waals surface area contributed by atoms with Gasteiger partial charge in [0, 0.05) is 42.6 Å². The number of fused-ring (bicyclic) bond motifs is 1. The van der Waals surface area contributed by atoms with Gasteiger partial charge >= 0.3 is 0 Å². The Bertz CT molecular complexity index is 850. The minimum Gasteiger partial charge on any atom is -0.369 e. The van der Waals surface area contributed by atoms with Gasteiger partial charge in [-0.05, 0) is 61.7 Å². The number of rotatable bonds is 6. The Kier molecular flexibility index (Phi) is 7.44. The molecule has 1 N–H and O–H groups in total. The second-order valence-electron chi connectivity index (χ2n) is 7.88. The van der Waals surface area contributed by atoms with E-state index in [1.807, 2.05) is 30.3 Å². The quantitative estimate of drug-likeness (QED) is 0.643. The third-order valence-electron chi connectivity index (χ3n) is 6.00. The predicted octanol–water partition coefficient (Wildman–Crippen LogP) is 5.10. The fourth-order valence-corrected chi connectivity index (χ4v) is 4.66. The van der Waals surface area contributed by atoms with Gasteiger partial charge in [-0.15, -0.1) is 12.4 Å². The van der Waals surface area contributed by atoms with Gasteiger partial charge in [0.25, 0.3) is 0 Å². The average Bonchev–Trinajstić information content (AvgIpc) is 3.01. The Morgan fingerprint density at radius 1 is 1.07 bits per heavy atom. The van der Waals surface area contributed by atoms with Crippen LogP contribution < -0.4 is 10.2 Å². The number of hydrogen-bond donors (Lipinski definition) is 1. The number of halogens is 2. The lowest BCUT2D eigenvalue weighted by atomic mass is 9.95. The molecule has 156 valence electrons. The van der Waals surface area contributed by atoms with Crippen molar-refractivity contribution in [3.05, 3.63) is 58.6 Å². The minimum atomic E-state index is 0. The molecule has 0 aromatic heterocycles. The van der Waals surface area contributed by atoms with Crippen LogP contribution in [0, 0.1) is 6.92 Å². The number of anilines is 2. The molecule has 1 atom stereocenters. The molecule has 1 fully saturated rings. The molecule has 1 saturated heterocycles. The molecule has 0 spiro atoms. The first-order valence-corrected chi connectivity index (χ1v) is 10.6. The van der Waals surface area contributed by atoms with Crippen molar-refractivity contribution in [3.63, 3.8) is 0 Å². The van der Waals surface area contributed by atoms with Crippen molar-refractivity contribution in [3.8, 4) is 0 Å². The molecule has 29 heavy (non-hydrogen) atoms. The number of carbonyl (C=O) groups is 1. The highest BCUT2D eigenvalue weighted by Gasteiger charge is 2.29. The van der Waals surface area contributed by atoms with Crippen LogP contribution in [0.5, 0.6) is 0 Å². The number of unbranched alkanes of at least 4 members (excludes halogenated alkanes) is 1. The molecule has 0 radical (unpaired) electrons. The lowest BCUT2D eigenvalue weighted by Crippen LogP contribution is -2.46. The Hall–Kier alpha value is -1.75. The van der Waals surface area contributed by atoms with Crippen molar-refractivity contribution >= 4 is 41.3 Å². The van der Waals surface area contributed by atoms with Gasteiger partial charge in [0.2, 0.25) is 5.91 Å². The summed E-state index contributed by atoms with van der Waals surface area (Å²) in [5, 5.41) is 3.81. The summed E-state index contributed by atoms with van der Waals surface area (Å²) in [6.45, 7) is 7.54. The maximum absolute atomic E-state index is 12.2. The van der Waals surface area contributed by atoms with E-state index in [0.717, 1.165) is 62.7 Å². The molecule has 4 nitrogen and oxygen atoms in total. The van der Waals surface area contributed by atoms with Crippen LogP contribution in [0.15, 0.2) is 42.5 Å². The van der Waals surface area contributed by atoms with Gasteiger partial charge in [0.05, 0.1) is 5.92 Å². The van der Waals surface area contributed by atoms with Crippen molar-refractivity contribution in [2.24, 2.45) is 0 Å². The summed E-state index contributed by atoms with van der Waals surface area (Å²) < 4.78 is 0. The number of benzene rings is 2. The smallest absolute Gasteiger partial charge is 0.232 e. The van der Waals surface area contributed by atoms with Crippen LogP contribution >= 0.6 is 24.0 Å². The molecule has 0 bridgehead atoms. The molecule has 1 amide bonds. The fourth-order valence-electron chi connectivity index (χ4n) is 4.43. The molecular weight excluding hydrogens is 405 g/mol. The Morgan fingerprint density at radius 3 is 2.59 bits per heavy atom. The monoisotopic (exact) mass is 433 g/mol. The first-order valence-electron chi connectivity index (χ1n) is 10.2. The lowest BCUT2D eigenvalue weighted by Gasteiger charge is -2.37. The number of carbonyl (C=O) groups excluding carboxylic acids is 1. The molecular formula is C23H29Cl2N3O. The number of para-hydroxylation sites is 1. The van der Waals surface area contributed by atoms with Crippen LogP contribution in [0.4, 0.5) is 11.4 Å². The summed E-state index contributed by atoms with van der Waals surface area (Å²) >= 11 is 6.08. The van der Waals surface area contributed by atoms with Crippen LogP contribution in [0.25, 0.3) is 0 Å². The van der Waals surface area contributed by atoms with Gasteiger partial charge in [-0.3, -0.25) is 9.69 Å². The molecule has 2 heterocycles. The number of aryl methyl sites for hydroxylation is 1. The van der Waals surface area contributed by atoms with Gasteiger partial charge in [-0.1, -0.05) is 36.2 Å². The van der Waals surface area contributed by atoms with E-state index in [0.29, 0.717) is 0 Å². The van der Waals surface area contributed by atoms with Crippen LogP contribution in [0.3, 0.4) is 0 Å². The maximum atomic E-state index is 12.2. The largest absolute Gasteiger partial charge is 0.369 e. The normalized spacial score (nSPS) is 18.9. The van der Waals surface area contributed by atoms with Gasteiger partial charge in [-0.2, -0.15) is 0 Å². The number of hydrogen-bond acceptors (Lipinski definition) is 3. The van der Waals surface area contributed by atoms with Crippen LogP contribution in [0.2, 0.25) is 5.02 Å². The predicted molar refractivity (Wildman–Crippen MR) is 124 cm³/mol. The first-order chi connectivity index (χ1) is 13.6. The number of amides is 1. The van der Waals surface area contributed by atoms with Gasteiger partial charge in [0.1, 0.15) is 0 Å². The first kappa shape index (κ1) is 21.9. The molecule has 0 aliphatic carbocycles. The SMILES string of the molecule is Cc1cc(Cl)ccc1N1CCN(CCCCC2C(=O)Nc3ccccc32)CC1.Cl. The van der Waals surface area contributed by atoms with E-state index in [1.54, 1.807) is 0 Å². The average molecular weight is 434 g/mol. The highest BCUT2D eigenvalue weighted by atomic mass is 35.5. The molecule has 2 aromatic carbocycles. The summed E-state index contributed by atoms with van der Waals surface area (Å²) in [5.74, 6) is 0.189. The molecule has 6 heteroatoms. The van der Waals surface area contributed by atoms with Gasteiger partial charge < -0.3 is 10.2 Å². The van der Waals surface area contributed by atoms with Crippen LogP contribution in [0.1, 0.15) is 36.3 Å². The van der Waals surface area contributed by atoms with E-state index in [2.05, 4.69) is 34.2 Å². The van der Waals surface area contributed by atoms with Gasteiger partial charge in [0.15, 0.2) is 0 Å². The van der Waals surface area contributed by atoms with Gasteiger partial charge in [-0.25, -0.2) is 0 Å². The van der Waals surface area contributed by atoms with Crippen molar-refractivity contribution in [1.82, 2.24) is 4.90 Å². The Balaban J connectivity index is 0.00000240. The van der Waals surface area contributed by atoms with E-state index in [4.69, 9.17) is 11.6 Å². The van der Waals surface area contributed by atoms with E-state index in [1.165, 1.54) is 16.8 Å². The molecule has 2 aliphatic heterocycles. The zero-order valence-corrected chi connectivity index (χ0v) is 18.4. The summed E-state index contributed by atoms with van der Waals surface area (Å²) in [6, 6.07) is 14.2. The zero-order chi connectivity index (χ0) is 19.5. The number of nitrogens with one attached hydrogen (secondary N) is 1. The van der Waals surface area contributed by atoms with Crippen molar-refractivity contribution in [2.75, 3.05) is 42.9 Å². The minimum absolute atomic E-state index is 0. The molecule has 2 aromatic rings. The summed E-state index contributed by atoms with van der Waals surface area (Å²) in [5.41, 5.74) is 4.71. The maximum Gasteiger partial charge on any atom is 0.232 e. The molecule has 2 aliphatic rings. The number of nitrogens with zero attached hydrogens (tertiary/aromatic N) is 2.